The first kappa shape index (κ1) is 10.2. The number of morpholine rings is 1. The first-order valence-electron chi connectivity index (χ1n) is 5.29. The highest BCUT2D eigenvalue weighted by Gasteiger charge is 2.15. The summed E-state index contributed by atoms with van der Waals surface area (Å²) in [4.78, 5) is 1.50. The molecule has 3 nitrogen and oxygen atoms in total. The predicted molar refractivity (Wildman–Crippen MR) is 56.4 cm³/mol. The third kappa shape index (κ3) is 2.56. The minimum atomic E-state index is 0.802. The Morgan fingerprint density at radius 1 is 1.27 bits per heavy atom. The molecule has 0 spiro atoms. The van der Waals surface area contributed by atoms with Crippen molar-refractivity contribution in [2.75, 3.05) is 26.3 Å². The van der Waals surface area contributed by atoms with E-state index < -0.39 is 0 Å². The molecule has 15 heavy (non-hydrogen) atoms. The highest BCUT2D eigenvalue weighted by Crippen LogP contribution is 2.05. The number of hydrogen-bond donors (Lipinski definition) is 1. The molecule has 1 heterocycles. The van der Waals surface area contributed by atoms with Gasteiger partial charge in [0.15, 0.2) is 0 Å². The Labute approximate surface area is 89.9 Å². The maximum atomic E-state index is 8.96. The third-order valence-electron chi connectivity index (χ3n) is 2.78. The Morgan fingerprint density at radius 3 is 2.73 bits per heavy atom. The van der Waals surface area contributed by atoms with E-state index in [1.807, 2.05) is 24.3 Å². The van der Waals surface area contributed by atoms with Crippen LogP contribution in [0.15, 0.2) is 24.3 Å². The van der Waals surface area contributed by atoms with Crippen LogP contribution in [-0.2, 0) is 11.3 Å². The quantitative estimate of drug-likeness (QED) is 0.733. The average Bonchev–Trinajstić information content (AvgIpc) is 2.31. The summed E-state index contributed by atoms with van der Waals surface area (Å²) in [5, 5.41) is 8.96. The Bertz CT molecular complexity index is 364. The molecule has 2 rings (SSSR count). The SMILES string of the molecule is N#Cc1ccccc1C[NH+]1CCOCC1. The number of rotatable bonds is 2. The van der Waals surface area contributed by atoms with Gasteiger partial charge >= 0.3 is 0 Å². The van der Waals surface area contributed by atoms with Crippen LogP contribution in [0.4, 0.5) is 0 Å². The van der Waals surface area contributed by atoms with E-state index in [1.165, 1.54) is 4.90 Å². The highest BCUT2D eigenvalue weighted by atomic mass is 16.5. The van der Waals surface area contributed by atoms with Gasteiger partial charge in [-0.25, -0.2) is 0 Å². The smallest absolute Gasteiger partial charge is 0.104 e. The van der Waals surface area contributed by atoms with Crippen LogP contribution in [-0.4, -0.2) is 26.3 Å². The van der Waals surface area contributed by atoms with Crippen molar-refractivity contribution in [2.24, 2.45) is 0 Å². The minimum Gasteiger partial charge on any atom is -0.370 e. The fraction of sp³-hybridized carbons (Fsp3) is 0.417. The lowest BCUT2D eigenvalue weighted by atomic mass is 10.1. The molecular weight excluding hydrogens is 188 g/mol. The zero-order valence-electron chi connectivity index (χ0n) is 8.70. The molecule has 0 bridgehead atoms. The van der Waals surface area contributed by atoms with Crippen LogP contribution in [0.2, 0.25) is 0 Å². The fourth-order valence-corrected chi connectivity index (χ4v) is 1.89. The molecular formula is C12H15N2O+. The van der Waals surface area contributed by atoms with E-state index in [0.717, 1.165) is 44.0 Å². The number of quaternary nitrogens is 1. The van der Waals surface area contributed by atoms with Gasteiger partial charge in [-0.3, -0.25) is 0 Å². The Hall–Kier alpha value is -1.37. The summed E-state index contributed by atoms with van der Waals surface area (Å²) in [6.07, 6.45) is 0. The van der Waals surface area contributed by atoms with Crippen molar-refractivity contribution in [2.45, 2.75) is 6.54 Å². The molecule has 1 N–H and O–H groups in total. The predicted octanol–water partition coefficient (Wildman–Crippen LogP) is -0.0266. The van der Waals surface area contributed by atoms with Gasteiger partial charge in [-0.15, -0.1) is 0 Å². The zero-order valence-corrected chi connectivity index (χ0v) is 8.70. The second-order valence-electron chi connectivity index (χ2n) is 3.81. The Morgan fingerprint density at radius 2 is 2.00 bits per heavy atom. The van der Waals surface area contributed by atoms with E-state index in [1.54, 1.807) is 0 Å². The van der Waals surface area contributed by atoms with E-state index in [0.29, 0.717) is 0 Å². The van der Waals surface area contributed by atoms with Gasteiger partial charge in [0.2, 0.25) is 0 Å². The van der Waals surface area contributed by atoms with Crippen molar-refractivity contribution in [3.8, 4) is 6.07 Å². The summed E-state index contributed by atoms with van der Waals surface area (Å²) in [6, 6.07) is 10.1. The van der Waals surface area contributed by atoms with Crippen LogP contribution < -0.4 is 4.90 Å². The van der Waals surface area contributed by atoms with Crippen molar-refractivity contribution in [3.05, 3.63) is 35.4 Å². The minimum absolute atomic E-state index is 0.802. The lowest BCUT2D eigenvalue weighted by Crippen LogP contribution is -3.12. The summed E-state index contributed by atoms with van der Waals surface area (Å²) in [5.41, 5.74) is 1.95. The number of hydrogen-bond acceptors (Lipinski definition) is 2. The third-order valence-corrected chi connectivity index (χ3v) is 2.78. The lowest BCUT2D eigenvalue weighted by Gasteiger charge is -2.23. The van der Waals surface area contributed by atoms with Gasteiger partial charge < -0.3 is 9.64 Å². The van der Waals surface area contributed by atoms with Crippen LogP contribution in [0.5, 0.6) is 0 Å². The van der Waals surface area contributed by atoms with E-state index in [-0.39, 0.29) is 0 Å². The van der Waals surface area contributed by atoms with Crippen LogP contribution in [0, 0.1) is 11.3 Å². The standard InChI is InChI=1S/C12H14N2O/c13-9-11-3-1-2-4-12(11)10-14-5-7-15-8-6-14/h1-4H,5-8,10H2/p+1. The summed E-state index contributed by atoms with van der Waals surface area (Å²) >= 11 is 0. The molecule has 0 amide bonds. The Balaban J connectivity index is 2.06. The van der Waals surface area contributed by atoms with Crippen LogP contribution in [0.3, 0.4) is 0 Å². The van der Waals surface area contributed by atoms with Gasteiger partial charge in [0.25, 0.3) is 0 Å². The molecule has 1 saturated heterocycles. The molecule has 0 radical (unpaired) electrons. The molecule has 1 aromatic carbocycles. The van der Waals surface area contributed by atoms with E-state index in [2.05, 4.69) is 6.07 Å². The maximum absolute atomic E-state index is 8.96. The van der Waals surface area contributed by atoms with Gasteiger partial charge in [-0.05, 0) is 6.07 Å². The summed E-state index contributed by atoms with van der Waals surface area (Å²) in [5.74, 6) is 0. The van der Waals surface area contributed by atoms with Crippen molar-refractivity contribution in [3.63, 3.8) is 0 Å². The van der Waals surface area contributed by atoms with Crippen molar-refractivity contribution < 1.29 is 9.64 Å². The number of benzene rings is 1. The second-order valence-corrected chi connectivity index (χ2v) is 3.81. The Kier molecular flexibility index (Phi) is 3.33. The molecule has 1 aromatic rings. The van der Waals surface area contributed by atoms with Crippen molar-refractivity contribution in [1.82, 2.24) is 0 Å². The molecule has 1 fully saturated rings. The van der Waals surface area contributed by atoms with Crippen LogP contribution >= 0.6 is 0 Å². The van der Waals surface area contributed by atoms with Crippen molar-refractivity contribution >= 4 is 0 Å². The number of ether oxygens (including phenoxy) is 1. The molecule has 0 unspecified atom stereocenters. The molecule has 0 aliphatic carbocycles. The average molecular weight is 203 g/mol. The zero-order chi connectivity index (χ0) is 10.5. The van der Waals surface area contributed by atoms with Gasteiger partial charge in [-0.1, -0.05) is 18.2 Å². The summed E-state index contributed by atoms with van der Waals surface area (Å²) < 4.78 is 5.31. The fourth-order valence-electron chi connectivity index (χ4n) is 1.89. The number of nitrogens with one attached hydrogen (secondary N) is 1. The first-order chi connectivity index (χ1) is 7.40. The van der Waals surface area contributed by atoms with E-state index >= 15 is 0 Å². The summed E-state index contributed by atoms with van der Waals surface area (Å²) in [7, 11) is 0. The lowest BCUT2D eigenvalue weighted by molar-refractivity contribution is -0.921. The molecule has 0 aromatic heterocycles. The molecule has 0 atom stereocenters. The second kappa shape index (κ2) is 4.92. The molecule has 0 saturated carbocycles. The molecule has 3 heteroatoms. The maximum Gasteiger partial charge on any atom is 0.104 e. The topological polar surface area (TPSA) is 37.5 Å². The van der Waals surface area contributed by atoms with E-state index in [9.17, 15) is 0 Å². The van der Waals surface area contributed by atoms with Gasteiger partial charge in [-0.2, -0.15) is 5.26 Å². The number of nitrogens with zero attached hydrogens (tertiary/aromatic N) is 1. The first-order valence-corrected chi connectivity index (χ1v) is 5.29. The van der Waals surface area contributed by atoms with Crippen LogP contribution in [0.1, 0.15) is 11.1 Å². The normalized spacial score (nSPS) is 17.3. The van der Waals surface area contributed by atoms with Gasteiger partial charge in [0.05, 0.1) is 24.8 Å². The summed E-state index contributed by atoms with van der Waals surface area (Å²) in [6.45, 7) is 4.70. The van der Waals surface area contributed by atoms with Crippen LogP contribution in [0.25, 0.3) is 0 Å². The molecule has 78 valence electrons. The molecule has 1 aliphatic heterocycles. The largest absolute Gasteiger partial charge is 0.370 e. The van der Waals surface area contributed by atoms with Crippen molar-refractivity contribution in [1.29, 1.82) is 5.26 Å². The number of nitriles is 1. The molecule has 1 aliphatic rings. The monoisotopic (exact) mass is 203 g/mol. The van der Waals surface area contributed by atoms with Gasteiger partial charge in [0.1, 0.15) is 19.6 Å². The van der Waals surface area contributed by atoms with Gasteiger partial charge in [0, 0.05) is 5.56 Å². The highest BCUT2D eigenvalue weighted by molar-refractivity contribution is 5.36. The van der Waals surface area contributed by atoms with E-state index in [4.69, 9.17) is 10.00 Å².